The molecule has 2 N–H and O–H groups in total. The van der Waals surface area contributed by atoms with Crippen LogP contribution in [0.2, 0.25) is 0 Å². The van der Waals surface area contributed by atoms with E-state index >= 15 is 0 Å². The predicted molar refractivity (Wildman–Crippen MR) is 76.9 cm³/mol. The third-order valence-corrected chi connectivity index (χ3v) is 2.20. The fourth-order valence-electron chi connectivity index (χ4n) is 1.51. The second-order valence-electron chi connectivity index (χ2n) is 4.16. The molecule has 0 aliphatic heterocycles. The molecule has 0 spiro atoms. The van der Waals surface area contributed by atoms with Crippen molar-refractivity contribution in [3.05, 3.63) is 47.6 Å². The van der Waals surface area contributed by atoms with E-state index in [1.54, 1.807) is 0 Å². The molecule has 5 heteroatoms. The Balaban J connectivity index is 0. The van der Waals surface area contributed by atoms with Crippen LogP contribution in [-0.4, -0.2) is 22.2 Å². The zero-order valence-electron chi connectivity index (χ0n) is 12.3. The van der Waals surface area contributed by atoms with Crippen molar-refractivity contribution in [3.63, 3.8) is 0 Å². The number of carboxylic acid groups (broad SMARTS) is 2. The Morgan fingerprint density at radius 3 is 1.43 bits per heavy atom. The van der Waals surface area contributed by atoms with Crippen LogP contribution in [-0.2, 0) is 31.3 Å². The van der Waals surface area contributed by atoms with Crippen molar-refractivity contribution in [2.24, 2.45) is 0 Å². The van der Waals surface area contributed by atoms with Crippen LogP contribution in [0.5, 0.6) is 0 Å². The van der Waals surface area contributed by atoms with E-state index in [2.05, 4.69) is 36.5 Å². The summed E-state index contributed by atoms with van der Waals surface area (Å²) in [6.45, 7) is 2.17. The molecule has 4 nitrogen and oxygen atoms in total. The van der Waals surface area contributed by atoms with E-state index in [4.69, 9.17) is 19.8 Å². The van der Waals surface area contributed by atoms with Gasteiger partial charge in [-0.2, -0.15) is 12.2 Å². The number of aliphatic carboxylic acids is 2. The Hall–Kier alpha value is -1.39. The largest absolute Gasteiger partial charge is 2.00 e. The predicted octanol–water partition coefficient (Wildman–Crippen LogP) is 3.32. The minimum absolute atomic E-state index is 0. The van der Waals surface area contributed by atoms with Gasteiger partial charge in [-0.05, 0) is 0 Å². The Bertz CT molecular complexity index is 395. The van der Waals surface area contributed by atoms with Gasteiger partial charge in [0.15, 0.2) is 0 Å². The van der Waals surface area contributed by atoms with Crippen LogP contribution >= 0.6 is 0 Å². The van der Waals surface area contributed by atoms with Crippen LogP contribution in [0.4, 0.5) is 0 Å². The number of carbonyl (C=O) groups is 2. The van der Waals surface area contributed by atoms with E-state index in [9.17, 15) is 0 Å². The van der Waals surface area contributed by atoms with Gasteiger partial charge in [-0.1, -0.05) is 12.8 Å². The van der Waals surface area contributed by atoms with Crippen LogP contribution in [0.15, 0.2) is 35.5 Å². The normalized spacial score (nSPS) is 13.8. The molecular weight excluding hydrogens is 304 g/mol. The standard InChI is InChI=1S/C12H12.2C2H4O2.Ti/c1-2-6-11(5-1)9-10-12-7-3-4-8-12;2*1-2(3)4;/h1,3,5,7H,2,4,9-10H2;2*1H3,(H,3,4);/q-2;;;+2. The van der Waals surface area contributed by atoms with Gasteiger partial charge in [-0.3, -0.25) is 21.7 Å². The van der Waals surface area contributed by atoms with Crippen LogP contribution in [0.25, 0.3) is 0 Å². The first-order valence-electron chi connectivity index (χ1n) is 6.33. The van der Waals surface area contributed by atoms with Crippen molar-refractivity contribution in [1.82, 2.24) is 0 Å². The Morgan fingerprint density at radius 2 is 1.24 bits per heavy atom. The van der Waals surface area contributed by atoms with Crippen molar-refractivity contribution in [1.29, 1.82) is 0 Å². The molecule has 0 atom stereocenters. The van der Waals surface area contributed by atoms with Gasteiger partial charge in [0.25, 0.3) is 11.9 Å². The fraction of sp³-hybridized carbons (Fsp3) is 0.375. The molecule has 0 aromatic carbocycles. The van der Waals surface area contributed by atoms with Gasteiger partial charge in [-0.25, -0.2) is 23.3 Å². The first kappa shape index (κ1) is 21.9. The van der Waals surface area contributed by atoms with Gasteiger partial charge >= 0.3 is 21.7 Å². The number of rotatable bonds is 3. The summed E-state index contributed by atoms with van der Waals surface area (Å²) in [7, 11) is 0. The average molecular weight is 324 g/mol. The third-order valence-electron chi connectivity index (χ3n) is 2.20. The van der Waals surface area contributed by atoms with Gasteiger partial charge in [0.1, 0.15) is 0 Å². The smallest absolute Gasteiger partial charge is 0.481 e. The van der Waals surface area contributed by atoms with Crippen molar-refractivity contribution >= 4 is 11.9 Å². The van der Waals surface area contributed by atoms with E-state index in [1.165, 1.54) is 11.1 Å². The van der Waals surface area contributed by atoms with Crippen molar-refractivity contribution in [2.45, 2.75) is 39.5 Å². The molecule has 112 valence electrons. The van der Waals surface area contributed by atoms with E-state index < -0.39 is 11.9 Å². The Kier molecular flexibility index (Phi) is 14.2. The molecule has 21 heavy (non-hydrogen) atoms. The molecule has 0 fully saturated rings. The monoisotopic (exact) mass is 324 g/mol. The first-order valence-corrected chi connectivity index (χ1v) is 6.33. The number of hydrogen-bond donors (Lipinski definition) is 2. The van der Waals surface area contributed by atoms with Gasteiger partial charge < -0.3 is 10.2 Å². The van der Waals surface area contributed by atoms with Crippen LogP contribution < -0.4 is 0 Å². The first-order chi connectivity index (χ1) is 9.41. The maximum atomic E-state index is 9.00. The molecular formula is C16H20O4Ti. The summed E-state index contributed by atoms with van der Waals surface area (Å²) in [6, 6.07) is 0. The summed E-state index contributed by atoms with van der Waals surface area (Å²) in [5.74, 6) is -1.67. The fourth-order valence-corrected chi connectivity index (χ4v) is 1.51. The van der Waals surface area contributed by atoms with E-state index in [-0.39, 0.29) is 21.7 Å². The van der Waals surface area contributed by atoms with Gasteiger partial charge in [0, 0.05) is 13.8 Å². The van der Waals surface area contributed by atoms with Gasteiger partial charge in [0.05, 0.1) is 0 Å². The average Bonchev–Trinajstić information content (AvgIpc) is 2.99. The molecule has 0 bridgehead atoms. The minimum Gasteiger partial charge on any atom is -0.481 e. The van der Waals surface area contributed by atoms with E-state index in [1.807, 2.05) is 0 Å². The number of carboxylic acids is 2. The number of hydrogen-bond acceptors (Lipinski definition) is 2. The second-order valence-corrected chi connectivity index (χ2v) is 4.16. The molecule has 2 aliphatic carbocycles. The third kappa shape index (κ3) is 16.6. The van der Waals surface area contributed by atoms with E-state index in [0.717, 1.165) is 39.5 Å². The molecule has 0 saturated heterocycles. The molecule has 2 aliphatic rings. The van der Waals surface area contributed by atoms with Crippen molar-refractivity contribution in [2.75, 3.05) is 0 Å². The van der Waals surface area contributed by atoms with Crippen molar-refractivity contribution < 1.29 is 41.5 Å². The molecule has 0 heterocycles. The molecule has 0 aromatic heterocycles. The summed E-state index contributed by atoms with van der Waals surface area (Å²) in [5, 5.41) is 14.8. The van der Waals surface area contributed by atoms with Gasteiger partial charge in [-0.15, -0.1) is 12.8 Å². The van der Waals surface area contributed by atoms with E-state index in [0.29, 0.717) is 0 Å². The summed E-state index contributed by atoms with van der Waals surface area (Å²) in [5.41, 5.74) is 2.73. The molecule has 2 rings (SSSR count). The van der Waals surface area contributed by atoms with Crippen LogP contribution in [0, 0.1) is 12.2 Å². The Labute approximate surface area is 140 Å². The maximum absolute atomic E-state index is 9.00. The second kappa shape index (κ2) is 13.6. The molecule has 0 amide bonds. The SMILES string of the molecule is CC(=O)O.CC(=O)O.[C-]1=C(CCC2=[C-]CC=C2)C=CC1.[Ti+2]. The molecule has 0 aromatic rings. The molecule has 0 unspecified atom stereocenters. The summed E-state index contributed by atoms with van der Waals surface area (Å²) >= 11 is 0. The van der Waals surface area contributed by atoms with Crippen LogP contribution in [0.3, 0.4) is 0 Å². The minimum atomic E-state index is -0.833. The summed E-state index contributed by atoms with van der Waals surface area (Å²) in [4.78, 5) is 18.0. The van der Waals surface area contributed by atoms with Crippen molar-refractivity contribution in [3.8, 4) is 0 Å². The molecule has 0 radical (unpaired) electrons. The zero-order valence-corrected chi connectivity index (χ0v) is 13.9. The molecule has 0 saturated carbocycles. The number of allylic oxidation sites excluding steroid dienone is 8. The topological polar surface area (TPSA) is 74.6 Å². The van der Waals surface area contributed by atoms with Crippen LogP contribution in [0.1, 0.15) is 39.5 Å². The zero-order chi connectivity index (χ0) is 15.4. The maximum Gasteiger partial charge on any atom is 2.00 e. The quantitative estimate of drug-likeness (QED) is 0.617. The Morgan fingerprint density at radius 1 is 0.952 bits per heavy atom. The summed E-state index contributed by atoms with van der Waals surface area (Å²) < 4.78 is 0. The van der Waals surface area contributed by atoms with Gasteiger partial charge in [0.2, 0.25) is 0 Å². The summed E-state index contributed by atoms with van der Waals surface area (Å²) in [6.07, 6.45) is 19.6.